The van der Waals surface area contributed by atoms with Gasteiger partial charge in [-0.1, -0.05) is 0 Å². The number of hydrogen-bond donors (Lipinski definition) is 1. The Kier molecular flexibility index (Phi) is 5.57. The van der Waals surface area contributed by atoms with Crippen molar-refractivity contribution in [3.8, 4) is 6.07 Å². The van der Waals surface area contributed by atoms with Gasteiger partial charge >= 0.3 is 0 Å². The zero-order valence-electron chi connectivity index (χ0n) is 12.2. The van der Waals surface area contributed by atoms with Crippen LogP contribution in [0.5, 0.6) is 0 Å². The third-order valence-corrected chi connectivity index (χ3v) is 2.99. The van der Waals surface area contributed by atoms with E-state index >= 15 is 0 Å². The number of aryl methyl sites for hydroxylation is 1. The van der Waals surface area contributed by atoms with Crippen LogP contribution < -0.4 is 5.32 Å². The van der Waals surface area contributed by atoms with Crippen LogP contribution >= 0.6 is 0 Å². The van der Waals surface area contributed by atoms with E-state index in [1.165, 1.54) is 12.3 Å². The van der Waals surface area contributed by atoms with E-state index in [4.69, 9.17) is 10.00 Å². The second-order valence-corrected chi connectivity index (χ2v) is 4.51. The number of nitrogens with zero attached hydrogens (tertiary/aromatic N) is 5. The highest BCUT2D eigenvalue weighted by atomic mass is 16.5. The number of carbonyl (C=O) groups is 1. The molecule has 0 unspecified atom stereocenters. The smallest absolute Gasteiger partial charge is 0.253 e. The van der Waals surface area contributed by atoms with E-state index in [1.54, 1.807) is 19.5 Å². The molecule has 1 amide bonds. The Balaban J connectivity index is 1.90. The van der Waals surface area contributed by atoms with Crippen molar-refractivity contribution in [2.75, 3.05) is 13.7 Å². The topological polar surface area (TPSA) is 106 Å². The summed E-state index contributed by atoms with van der Waals surface area (Å²) in [6.45, 7) is 1.65. The van der Waals surface area contributed by atoms with E-state index in [2.05, 4.69) is 20.5 Å². The lowest BCUT2D eigenvalue weighted by atomic mass is 10.2. The predicted molar refractivity (Wildman–Crippen MR) is 76.6 cm³/mol. The lowest BCUT2D eigenvalue weighted by Crippen LogP contribution is -2.25. The molecule has 0 aliphatic carbocycles. The van der Waals surface area contributed by atoms with Crippen LogP contribution in [0.4, 0.5) is 0 Å². The van der Waals surface area contributed by atoms with Gasteiger partial charge in [-0.3, -0.25) is 4.79 Å². The number of nitriles is 1. The number of hydrogen-bond acceptors (Lipinski definition) is 6. The first-order valence-electron chi connectivity index (χ1n) is 6.74. The molecule has 0 saturated carbocycles. The molecule has 8 heteroatoms. The summed E-state index contributed by atoms with van der Waals surface area (Å²) < 4.78 is 6.87. The molecule has 1 N–H and O–H groups in total. The zero-order valence-corrected chi connectivity index (χ0v) is 12.2. The fourth-order valence-electron chi connectivity index (χ4n) is 1.84. The van der Waals surface area contributed by atoms with E-state index in [1.807, 2.05) is 10.6 Å². The highest BCUT2D eigenvalue weighted by Crippen LogP contribution is 2.01. The van der Waals surface area contributed by atoms with Crippen molar-refractivity contribution in [1.29, 1.82) is 5.26 Å². The van der Waals surface area contributed by atoms with Gasteiger partial charge < -0.3 is 14.6 Å². The van der Waals surface area contributed by atoms with Crippen LogP contribution in [-0.4, -0.2) is 39.4 Å². The van der Waals surface area contributed by atoms with Crippen molar-refractivity contribution in [2.45, 2.75) is 19.5 Å². The molecule has 0 fully saturated rings. The maximum Gasteiger partial charge on any atom is 0.253 e. The number of methoxy groups -OCH3 is 1. The molecule has 0 bridgehead atoms. The first-order chi connectivity index (χ1) is 10.7. The maximum atomic E-state index is 12.0. The molecular formula is C14H16N6O2. The van der Waals surface area contributed by atoms with E-state index in [9.17, 15) is 4.79 Å². The summed E-state index contributed by atoms with van der Waals surface area (Å²) in [6.07, 6.45) is 3.84. The average Bonchev–Trinajstić information content (AvgIpc) is 3.00. The van der Waals surface area contributed by atoms with Gasteiger partial charge in [0, 0.05) is 26.5 Å². The van der Waals surface area contributed by atoms with Crippen LogP contribution in [0.1, 0.15) is 28.3 Å². The van der Waals surface area contributed by atoms with Crippen molar-refractivity contribution in [2.24, 2.45) is 0 Å². The van der Waals surface area contributed by atoms with Crippen molar-refractivity contribution in [3.05, 3.63) is 41.7 Å². The van der Waals surface area contributed by atoms with Gasteiger partial charge in [0.1, 0.15) is 18.1 Å². The highest BCUT2D eigenvalue weighted by Gasteiger charge is 2.09. The van der Waals surface area contributed by atoms with E-state index in [-0.39, 0.29) is 18.1 Å². The van der Waals surface area contributed by atoms with Crippen LogP contribution in [0.25, 0.3) is 0 Å². The summed E-state index contributed by atoms with van der Waals surface area (Å²) in [7, 11) is 1.65. The second kappa shape index (κ2) is 7.85. The number of rotatable bonds is 7. The molecule has 22 heavy (non-hydrogen) atoms. The molecule has 0 spiro atoms. The minimum absolute atomic E-state index is 0.270. The Morgan fingerprint density at radius 2 is 2.36 bits per heavy atom. The molecule has 0 saturated heterocycles. The number of carbonyl (C=O) groups excluding carboxylic acids is 1. The maximum absolute atomic E-state index is 12.0. The van der Waals surface area contributed by atoms with E-state index in [0.29, 0.717) is 18.0 Å². The monoisotopic (exact) mass is 300 g/mol. The molecule has 114 valence electrons. The molecule has 0 aromatic carbocycles. The minimum Gasteiger partial charge on any atom is -0.385 e. The first kappa shape index (κ1) is 15.6. The molecule has 2 aromatic heterocycles. The summed E-state index contributed by atoms with van der Waals surface area (Å²) in [4.78, 5) is 15.9. The van der Waals surface area contributed by atoms with Crippen molar-refractivity contribution < 1.29 is 9.53 Å². The molecule has 2 aromatic rings. The molecule has 8 nitrogen and oxygen atoms in total. The molecule has 2 heterocycles. The van der Waals surface area contributed by atoms with Gasteiger partial charge in [-0.2, -0.15) is 5.26 Å². The molecule has 0 atom stereocenters. The minimum atomic E-state index is -0.275. The van der Waals surface area contributed by atoms with Crippen LogP contribution in [0.15, 0.2) is 24.7 Å². The van der Waals surface area contributed by atoms with Crippen molar-refractivity contribution in [3.63, 3.8) is 0 Å². The molecule has 0 aliphatic rings. The second-order valence-electron chi connectivity index (χ2n) is 4.51. The molecule has 2 rings (SSSR count). The van der Waals surface area contributed by atoms with E-state index in [0.717, 1.165) is 13.0 Å². The van der Waals surface area contributed by atoms with Gasteiger partial charge in [-0.25, -0.2) is 4.98 Å². The van der Waals surface area contributed by atoms with Crippen molar-refractivity contribution >= 4 is 5.91 Å². The Bertz CT molecular complexity index is 659. The van der Waals surface area contributed by atoms with Crippen LogP contribution in [0, 0.1) is 11.3 Å². The molecule has 0 radical (unpaired) electrons. The summed E-state index contributed by atoms with van der Waals surface area (Å²) in [5, 5.41) is 19.3. The lowest BCUT2D eigenvalue weighted by Gasteiger charge is -2.07. The van der Waals surface area contributed by atoms with E-state index < -0.39 is 0 Å². The van der Waals surface area contributed by atoms with Crippen molar-refractivity contribution in [1.82, 2.24) is 25.1 Å². The summed E-state index contributed by atoms with van der Waals surface area (Å²) in [6, 6.07) is 4.97. The van der Waals surface area contributed by atoms with Gasteiger partial charge in [-0.15, -0.1) is 10.2 Å². The number of aromatic nitrogens is 4. The number of ether oxygens (including phenoxy) is 1. The van der Waals surface area contributed by atoms with Crippen LogP contribution in [0.3, 0.4) is 0 Å². The molecular weight excluding hydrogens is 284 g/mol. The first-order valence-corrected chi connectivity index (χ1v) is 6.74. The fourth-order valence-corrected chi connectivity index (χ4v) is 1.84. The summed E-state index contributed by atoms with van der Waals surface area (Å²) in [5.41, 5.74) is 0.666. The normalized spacial score (nSPS) is 10.2. The Morgan fingerprint density at radius 1 is 1.50 bits per heavy atom. The largest absolute Gasteiger partial charge is 0.385 e. The van der Waals surface area contributed by atoms with Gasteiger partial charge in [-0.05, 0) is 18.6 Å². The van der Waals surface area contributed by atoms with Crippen LogP contribution in [0.2, 0.25) is 0 Å². The van der Waals surface area contributed by atoms with Gasteiger partial charge in [0.25, 0.3) is 5.91 Å². The number of nitrogens with one attached hydrogen (secondary N) is 1. The fraction of sp³-hybridized carbons (Fsp3) is 0.357. The third-order valence-electron chi connectivity index (χ3n) is 2.99. The van der Waals surface area contributed by atoms with Gasteiger partial charge in [0.15, 0.2) is 5.82 Å². The zero-order chi connectivity index (χ0) is 15.8. The standard InChI is InChI=1S/C14H16N6O2/c1-22-6-2-5-20-10-18-19-13(20)9-17-14(21)11-3-4-12(7-15)16-8-11/h3-4,8,10H,2,5-6,9H2,1H3,(H,17,21). The van der Waals surface area contributed by atoms with Gasteiger partial charge in [0.05, 0.1) is 12.1 Å². The summed E-state index contributed by atoms with van der Waals surface area (Å²) in [5.74, 6) is 0.398. The SMILES string of the molecule is COCCCn1cnnc1CNC(=O)c1ccc(C#N)nc1. The predicted octanol–water partition coefficient (Wildman–Crippen LogP) is 0.511. The Morgan fingerprint density at radius 3 is 3.05 bits per heavy atom. The Hall–Kier alpha value is -2.79. The Labute approximate surface area is 127 Å². The lowest BCUT2D eigenvalue weighted by molar-refractivity contribution is 0.0949. The van der Waals surface area contributed by atoms with Gasteiger partial charge in [0.2, 0.25) is 0 Å². The quantitative estimate of drug-likeness (QED) is 0.747. The summed E-state index contributed by atoms with van der Waals surface area (Å²) >= 11 is 0. The number of amides is 1. The highest BCUT2D eigenvalue weighted by molar-refractivity contribution is 5.93. The molecule has 0 aliphatic heterocycles. The number of pyridine rings is 1. The third kappa shape index (κ3) is 4.10. The van der Waals surface area contributed by atoms with Crippen LogP contribution in [-0.2, 0) is 17.8 Å². The average molecular weight is 300 g/mol.